The molecule has 1 aromatic rings. The fraction of sp³-hybridized carbons (Fsp3) is 0.533. The highest BCUT2D eigenvalue weighted by atomic mass is 32.1. The van der Waals surface area contributed by atoms with Crippen LogP contribution in [-0.2, 0) is 12.8 Å². The van der Waals surface area contributed by atoms with Crippen molar-refractivity contribution in [2.75, 3.05) is 0 Å². The number of fused-ring (bicyclic) bond motifs is 1. The zero-order valence-corrected chi connectivity index (χ0v) is 10.9. The standard InChI is InChI=1S/C15H18OS/c1-2-3-5-9-13(16)15-11-12-8-6-4-7-10-14(12)17-15/h1,11H,3-10H2. The molecule has 1 nitrogen and oxygen atoms in total. The van der Waals surface area contributed by atoms with E-state index in [0.717, 1.165) is 24.1 Å². The maximum absolute atomic E-state index is 12.0. The van der Waals surface area contributed by atoms with Crippen molar-refractivity contribution < 1.29 is 4.79 Å². The van der Waals surface area contributed by atoms with Gasteiger partial charge in [-0.25, -0.2) is 0 Å². The van der Waals surface area contributed by atoms with Gasteiger partial charge in [0.2, 0.25) is 0 Å². The van der Waals surface area contributed by atoms with Crippen LogP contribution in [0.3, 0.4) is 0 Å². The van der Waals surface area contributed by atoms with Crippen LogP contribution in [0.4, 0.5) is 0 Å². The van der Waals surface area contributed by atoms with Gasteiger partial charge >= 0.3 is 0 Å². The first kappa shape index (κ1) is 12.4. The van der Waals surface area contributed by atoms with Gasteiger partial charge in [0.15, 0.2) is 5.78 Å². The van der Waals surface area contributed by atoms with Crippen molar-refractivity contribution in [2.45, 2.75) is 51.4 Å². The predicted octanol–water partition coefficient (Wildman–Crippen LogP) is 4.00. The van der Waals surface area contributed by atoms with Crippen LogP contribution in [0, 0.1) is 12.3 Å². The monoisotopic (exact) mass is 246 g/mol. The van der Waals surface area contributed by atoms with Crippen molar-refractivity contribution >= 4 is 17.1 Å². The fourth-order valence-electron chi connectivity index (χ4n) is 2.28. The molecule has 0 saturated heterocycles. The molecule has 0 bridgehead atoms. The average molecular weight is 246 g/mol. The van der Waals surface area contributed by atoms with E-state index in [9.17, 15) is 4.79 Å². The molecule has 2 rings (SSSR count). The van der Waals surface area contributed by atoms with Gasteiger partial charge in [-0.15, -0.1) is 23.7 Å². The lowest BCUT2D eigenvalue weighted by Gasteiger charge is -1.95. The van der Waals surface area contributed by atoms with Crippen molar-refractivity contribution in [1.29, 1.82) is 0 Å². The summed E-state index contributed by atoms with van der Waals surface area (Å²) in [6.45, 7) is 0. The van der Waals surface area contributed by atoms with Crippen molar-refractivity contribution in [3.63, 3.8) is 0 Å². The van der Waals surface area contributed by atoms with Gasteiger partial charge in [0, 0.05) is 17.7 Å². The van der Waals surface area contributed by atoms with Gasteiger partial charge in [-0.05, 0) is 43.7 Å². The van der Waals surface area contributed by atoms with Gasteiger partial charge in [0.1, 0.15) is 0 Å². The summed E-state index contributed by atoms with van der Waals surface area (Å²) < 4.78 is 0. The fourth-order valence-corrected chi connectivity index (χ4v) is 3.50. The Morgan fingerprint density at radius 1 is 1.35 bits per heavy atom. The summed E-state index contributed by atoms with van der Waals surface area (Å²) in [7, 11) is 0. The number of Topliss-reactive ketones (excluding diaryl/α,β-unsaturated/α-hetero) is 1. The number of aryl methyl sites for hydroxylation is 2. The first-order valence-corrected chi connectivity index (χ1v) is 7.21. The lowest BCUT2D eigenvalue weighted by molar-refractivity contribution is 0.0984. The number of hydrogen-bond acceptors (Lipinski definition) is 2. The second-order valence-electron chi connectivity index (χ2n) is 4.60. The molecular weight excluding hydrogens is 228 g/mol. The van der Waals surface area contributed by atoms with Crippen molar-refractivity contribution in [3.05, 3.63) is 21.4 Å². The minimum Gasteiger partial charge on any atom is -0.293 e. The Balaban J connectivity index is 2.02. The van der Waals surface area contributed by atoms with Gasteiger partial charge in [0.05, 0.1) is 4.88 Å². The van der Waals surface area contributed by atoms with Gasteiger partial charge in [-0.1, -0.05) is 6.42 Å². The molecule has 17 heavy (non-hydrogen) atoms. The molecule has 0 aliphatic heterocycles. The molecule has 0 radical (unpaired) electrons. The van der Waals surface area contributed by atoms with Crippen LogP contribution in [0.25, 0.3) is 0 Å². The van der Waals surface area contributed by atoms with E-state index in [0.29, 0.717) is 12.8 Å². The summed E-state index contributed by atoms with van der Waals surface area (Å²) in [5.74, 6) is 2.86. The summed E-state index contributed by atoms with van der Waals surface area (Å²) in [6, 6.07) is 2.13. The van der Waals surface area contributed by atoms with Crippen molar-refractivity contribution in [1.82, 2.24) is 0 Å². The Labute approximate surface area is 107 Å². The molecule has 90 valence electrons. The summed E-state index contributed by atoms with van der Waals surface area (Å²) in [5, 5.41) is 0. The van der Waals surface area contributed by atoms with Gasteiger partial charge in [0.25, 0.3) is 0 Å². The molecule has 1 aliphatic rings. The summed E-state index contributed by atoms with van der Waals surface area (Å²) in [4.78, 5) is 14.4. The van der Waals surface area contributed by atoms with Gasteiger partial charge in [-0.2, -0.15) is 0 Å². The number of ketones is 1. The second kappa shape index (κ2) is 6.02. The van der Waals surface area contributed by atoms with E-state index in [4.69, 9.17) is 6.42 Å². The number of terminal acetylenes is 1. The van der Waals surface area contributed by atoms with Gasteiger partial charge in [-0.3, -0.25) is 4.79 Å². The molecule has 2 heteroatoms. The van der Waals surface area contributed by atoms with Crippen LogP contribution in [0.15, 0.2) is 6.07 Å². The van der Waals surface area contributed by atoms with E-state index in [1.165, 1.54) is 29.7 Å². The topological polar surface area (TPSA) is 17.1 Å². The van der Waals surface area contributed by atoms with E-state index in [1.54, 1.807) is 11.3 Å². The first-order chi connectivity index (χ1) is 8.31. The average Bonchev–Trinajstić information content (AvgIpc) is 2.61. The molecule has 1 aromatic heterocycles. The summed E-state index contributed by atoms with van der Waals surface area (Å²) in [5.41, 5.74) is 1.42. The minimum absolute atomic E-state index is 0.276. The van der Waals surface area contributed by atoms with E-state index in [2.05, 4.69) is 12.0 Å². The van der Waals surface area contributed by atoms with Crippen LogP contribution in [0.1, 0.15) is 58.6 Å². The third-order valence-corrected chi connectivity index (χ3v) is 4.52. The summed E-state index contributed by atoms with van der Waals surface area (Å²) >= 11 is 1.71. The van der Waals surface area contributed by atoms with E-state index >= 15 is 0 Å². The Morgan fingerprint density at radius 2 is 2.18 bits per heavy atom. The summed E-state index contributed by atoms with van der Waals surface area (Å²) in [6.07, 6.45) is 13.5. The highest BCUT2D eigenvalue weighted by Gasteiger charge is 2.15. The quantitative estimate of drug-likeness (QED) is 0.339. The smallest absolute Gasteiger partial charge is 0.172 e. The molecule has 0 unspecified atom stereocenters. The van der Waals surface area contributed by atoms with E-state index < -0.39 is 0 Å². The van der Waals surface area contributed by atoms with Crippen molar-refractivity contribution in [3.8, 4) is 12.3 Å². The number of hydrogen-bond donors (Lipinski definition) is 0. The molecule has 0 N–H and O–H groups in total. The zero-order chi connectivity index (χ0) is 12.1. The molecule has 0 aromatic carbocycles. The molecule has 1 aliphatic carbocycles. The Hall–Kier alpha value is -1.07. The SMILES string of the molecule is C#CCCCC(=O)c1cc2c(s1)CCCCC2. The number of unbranched alkanes of at least 4 members (excludes halogenated alkanes) is 1. The third-order valence-electron chi connectivity index (χ3n) is 3.25. The lowest BCUT2D eigenvalue weighted by atomic mass is 10.1. The van der Waals surface area contributed by atoms with Crippen LogP contribution in [-0.4, -0.2) is 5.78 Å². The van der Waals surface area contributed by atoms with Gasteiger partial charge < -0.3 is 0 Å². The van der Waals surface area contributed by atoms with E-state index in [-0.39, 0.29) is 5.78 Å². The molecule has 1 heterocycles. The Morgan fingerprint density at radius 3 is 3.00 bits per heavy atom. The number of rotatable bonds is 4. The van der Waals surface area contributed by atoms with Crippen LogP contribution < -0.4 is 0 Å². The highest BCUT2D eigenvalue weighted by Crippen LogP contribution is 2.29. The maximum atomic E-state index is 12.0. The van der Waals surface area contributed by atoms with Crippen LogP contribution >= 0.6 is 11.3 Å². The minimum atomic E-state index is 0.276. The van der Waals surface area contributed by atoms with Crippen molar-refractivity contribution in [2.24, 2.45) is 0 Å². The molecule has 0 fully saturated rings. The second-order valence-corrected chi connectivity index (χ2v) is 5.74. The molecular formula is C15H18OS. The predicted molar refractivity (Wildman–Crippen MR) is 72.6 cm³/mol. The Bertz CT molecular complexity index is 413. The van der Waals surface area contributed by atoms with Crippen LogP contribution in [0.2, 0.25) is 0 Å². The zero-order valence-electron chi connectivity index (χ0n) is 10.1. The maximum Gasteiger partial charge on any atom is 0.172 e. The Kier molecular flexibility index (Phi) is 4.39. The molecule has 0 saturated carbocycles. The molecule has 0 spiro atoms. The largest absolute Gasteiger partial charge is 0.293 e. The highest BCUT2D eigenvalue weighted by molar-refractivity contribution is 7.14. The first-order valence-electron chi connectivity index (χ1n) is 6.39. The number of thiophene rings is 1. The lowest BCUT2D eigenvalue weighted by Crippen LogP contribution is -1.95. The third kappa shape index (κ3) is 3.20. The number of carbonyl (C=O) groups is 1. The van der Waals surface area contributed by atoms with E-state index in [1.807, 2.05) is 0 Å². The number of carbonyl (C=O) groups excluding carboxylic acids is 1. The normalized spacial score (nSPS) is 14.8. The molecule has 0 atom stereocenters. The van der Waals surface area contributed by atoms with Crippen LogP contribution in [0.5, 0.6) is 0 Å². The molecule has 0 amide bonds.